The highest BCUT2D eigenvalue weighted by atomic mass is 35.5. The average Bonchev–Trinajstić information content (AvgIpc) is 2.44. The van der Waals surface area contributed by atoms with E-state index in [4.69, 9.17) is 11.6 Å². The zero-order valence-electron chi connectivity index (χ0n) is 12.1. The van der Waals surface area contributed by atoms with Crippen LogP contribution in [0.15, 0.2) is 24.3 Å². The van der Waals surface area contributed by atoms with E-state index in [0.717, 1.165) is 12.8 Å². The first-order chi connectivity index (χ1) is 9.55. The summed E-state index contributed by atoms with van der Waals surface area (Å²) in [5, 5.41) is 15.9. The molecular formula is C15H23ClN2O2. The molecule has 112 valence electrons. The SMILES string of the molecule is CCC(CC)(CO)CNCC(=O)Nc1cccc(Cl)c1. The quantitative estimate of drug-likeness (QED) is 0.691. The van der Waals surface area contributed by atoms with Gasteiger partial charge in [0.15, 0.2) is 0 Å². The van der Waals surface area contributed by atoms with E-state index in [2.05, 4.69) is 10.6 Å². The second-order valence-electron chi connectivity index (χ2n) is 5.03. The van der Waals surface area contributed by atoms with Gasteiger partial charge in [0.05, 0.1) is 6.54 Å². The Bertz CT molecular complexity index is 425. The number of aliphatic hydroxyl groups is 1. The molecule has 3 N–H and O–H groups in total. The Hall–Kier alpha value is -1.10. The van der Waals surface area contributed by atoms with E-state index in [1.54, 1.807) is 24.3 Å². The number of rotatable bonds is 8. The first-order valence-corrected chi connectivity index (χ1v) is 7.30. The van der Waals surface area contributed by atoms with Crippen LogP contribution in [0.3, 0.4) is 0 Å². The molecule has 0 unspecified atom stereocenters. The molecule has 4 nitrogen and oxygen atoms in total. The van der Waals surface area contributed by atoms with Crippen molar-refractivity contribution < 1.29 is 9.90 Å². The zero-order valence-corrected chi connectivity index (χ0v) is 12.8. The predicted octanol–water partition coefficient (Wildman–Crippen LogP) is 2.67. The Balaban J connectivity index is 2.40. The van der Waals surface area contributed by atoms with Crippen LogP contribution in [0.5, 0.6) is 0 Å². The largest absolute Gasteiger partial charge is 0.396 e. The van der Waals surface area contributed by atoms with Gasteiger partial charge in [-0.3, -0.25) is 4.79 Å². The maximum absolute atomic E-state index is 11.8. The van der Waals surface area contributed by atoms with Crippen LogP contribution < -0.4 is 10.6 Å². The van der Waals surface area contributed by atoms with Crippen molar-refractivity contribution in [3.8, 4) is 0 Å². The zero-order chi connectivity index (χ0) is 15.0. The molecule has 0 radical (unpaired) electrons. The van der Waals surface area contributed by atoms with Crippen LogP contribution in [0.1, 0.15) is 26.7 Å². The molecule has 0 aliphatic heterocycles. The lowest BCUT2D eigenvalue weighted by molar-refractivity contribution is -0.115. The molecule has 1 amide bonds. The van der Waals surface area contributed by atoms with Gasteiger partial charge in [-0.05, 0) is 31.0 Å². The van der Waals surface area contributed by atoms with Crippen LogP contribution in [-0.4, -0.2) is 30.7 Å². The highest BCUT2D eigenvalue weighted by Gasteiger charge is 2.24. The van der Waals surface area contributed by atoms with E-state index in [0.29, 0.717) is 17.3 Å². The summed E-state index contributed by atoms with van der Waals surface area (Å²) in [4.78, 5) is 11.8. The topological polar surface area (TPSA) is 61.4 Å². The van der Waals surface area contributed by atoms with Crippen LogP contribution >= 0.6 is 11.6 Å². The predicted molar refractivity (Wildman–Crippen MR) is 83.1 cm³/mol. The summed E-state index contributed by atoms with van der Waals surface area (Å²) >= 11 is 5.85. The van der Waals surface area contributed by atoms with Crippen molar-refractivity contribution in [2.24, 2.45) is 5.41 Å². The fourth-order valence-electron chi connectivity index (χ4n) is 1.99. The summed E-state index contributed by atoms with van der Waals surface area (Å²) in [6, 6.07) is 7.04. The standard InChI is InChI=1S/C15H23ClN2O2/c1-3-15(4-2,11-19)10-17-9-14(20)18-13-7-5-6-12(16)8-13/h5-8,17,19H,3-4,9-11H2,1-2H3,(H,18,20). The Labute approximate surface area is 125 Å². The van der Waals surface area contributed by atoms with Crippen molar-refractivity contribution in [2.45, 2.75) is 26.7 Å². The van der Waals surface area contributed by atoms with Crippen molar-refractivity contribution in [1.82, 2.24) is 5.32 Å². The first kappa shape index (κ1) is 17.0. The summed E-state index contributed by atoms with van der Waals surface area (Å²) in [5.41, 5.74) is 0.541. The molecule has 1 rings (SSSR count). The van der Waals surface area contributed by atoms with Crippen molar-refractivity contribution in [2.75, 3.05) is 25.0 Å². The van der Waals surface area contributed by atoms with Crippen molar-refractivity contribution in [3.63, 3.8) is 0 Å². The maximum atomic E-state index is 11.8. The van der Waals surface area contributed by atoms with Crippen LogP contribution in [0.25, 0.3) is 0 Å². The van der Waals surface area contributed by atoms with E-state index in [1.807, 2.05) is 13.8 Å². The lowest BCUT2D eigenvalue weighted by Crippen LogP contribution is -2.39. The number of hydrogen-bond donors (Lipinski definition) is 3. The van der Waals surface area contributed by atoms with E-state index < -0.39 is 0 Å². The number of amides is 1. The molecule has 0 heterocycles. The molecular weight excluding hydrogens is 276 g/mol. The second kappa shape index (κ2) is 8.25. The number of benzene rings is 1. The van der Waals surface area contributed by atoms with Crippen LogP contribution in [-0.2, 0) is 4.79 Å². The number of aliphatic hydroxyl groups excluding tert-OH is 1. The van der Waals surface area contributed by atoms with Gasteiger partial charge in [-0.2, -0.15) is 0 Å². The van der Waals surface area contributed by atoms with Crippen LogP contribution in [0.4, 0.5) is 5.69 Å². The Kier molecular flexibility index (Phi) is 6.99. The molecule has 0 aliphatic carbocycles. The number of anilines is 1. The van der Waals surface area contributed by atoms with Gasteiger partial charge in [0.2, 0.25) is 5.91 Å². The van der Waals surface area contributed by atoms with Crippen LogP contribution in [0, 0.1) is 5.41 Å². The van der Waals surface area contributed by atoms with Gasteiger partial charge in [-0.25, -0.2) is 0 Å². The molecule has 0 atom stereocenters. The van der Waals surface area contributed by atoms with Gasteiger partial charge in [-0.1, -0.05) is 31.5 Å². The van der Waals surface area contributed by atoms with E-state index >= 15 is 0 Å². The minimum Gasteiger partial charge on any atom is -0.396 e. The molecule has 0 bridgehead atoms. The summed E-state index contributed by atoms with van der Waals surface area (Å²) in [6.07, 6.45) is 1.76. The van der Waals surface area contributed by atoms with Crippen LogP contribution in [0.2, 0.25) is 5.02 Å². The normalized spacial score (nSPS) is 11.4. The van der Waals surface area contributed by atoms with Crippen molar-refractivity contribution >= 4 is 23.2 Å². The molecule has 0 spiro atoms. The number of nitrogens with one attached hydrogen (secondary N) is 2. The van der Waals surface area contributed by atoms with E-state index in [9.17, 15) is 9.90 Å². The number of halogens is 1. The molecule has 0 saturated heterocycles. The Morgan fingerprint density at radius 2 is 2.05 bits per heavy atom. The lowest BCUT2D eigenvalue weighted by atomic mass is 9.83. The van der Waals surface area contributed by atoms with Gasteiger partial charge >= 0.3 is 0 Å². The molecule has 20 heavy (non-hydrogen) atoms. The highest BCUT2D eigenvalue weighted by molar-refractivity contribution is 6.30. The highest BCUT2D eigenvalue weighted by Crippen LogP contribution is 2.24. The number of hydrogen-bond acceptors (Lipinski definition) is 3. The van der Waals surface area contributed by atoms with E-state index in [1.165, 1.54) is 0 Å². The fourth-order valence-corrected chi connectivity index (χ4v) is 2.18. The molecule has 5 heteroatoms. The Morgan fingerprint density at radius 1 is 1.35 bits per heavy atom. The smallest absolute Gasteiger partial charge is 0.238 e. The first-order valence-electron chi connectivity index (χ1n) is 6.92. The second-order valence-corrected chi connectivity index (χ2v) is 5.46. The third-order valence-corrected chi connectivity index (χ3v) is 3.96. The number of carbonyl (C=O) groups excluding carboxylic acids is 1. The summed E-state index contributed by atoms with van der Waals surface area (Å²) in [6.45, 7) is 5.07. The molecule has 1 aromatic rings. The molecule has 0 aliphatic rings. The van der Waals surface area contributed by atoms with Gasteiger partial charge in [0, 0.05) is 29.3 Å². The van der Waals surface area contributed by atoms with Gasteiger partial charge in [0.25, 0.3) is 0 Å². The third kappa shape index (κ3) is 5.12. The molecule has 0 saturated carbocycles. The summed E-state index contributed by atoms with van der Waals surface area (Å²) in [5.74, 6) is -0.119. The Morgan fingerprint density at radius 3 is 2.60 bits per heavy atom. The average molecular weight is 299 g/mol. The van der Waals surface area contributed by atoms with Crippen molar-refractivity contribution in [1.29, 1.82) is 0 Å². The van der Waals surface area contributed by atoms with Crippen molar-refractivity contribution in [3.05, 3.63) is 29.3 Å². The monoisotopic (exact) mass is 298 g/mol. The minimum atomic E-state index is -0.143. The lowest BCUT2D eigenvalue weighted by Gasteiger charge is -2.29. The molecule has 0 aromatic heterocycles. The minimum absolute atomic E-state index is 0.119. The fraction of sp³-hybridized carbons (Fsp3) is 0.533. The van der Waals surface area contributed by atoms with Gasteiger partial charge in [-0.15, -0.1) is 0 Å². The number of carbonyl (C=O) groups is 1. The van der Waals surface area contributed by atoms with E-state index in [-0.39, 0.29) is 24.5 Å². The molecule has 1 aromatic carbocycles. The van der Waals surface area contributed by atoms with Gasteiger partial charge < -0.3 is 15.7 Å². The summed E-state index contributed by atoms with van der Waals surface area (Å²) < 4.78 is 0. The third-order valence-electron chi connectivity index (χ3n) is 3.73. The summed E-state index contributed by atoms with van der Waals surface area (Å²) in [7, 11) is 0. The molecule has 0 fully saturated rings. The maximum Gasteiger partial charge on any atom is 0.238 e. The van der Waals surface area contributed by atoms with Gasteiger partial charge in [0.1, 0.15) is 0 Å².